The van der Waals surface area contributed by atoms with Crippen LogP contribution in [0.1, 0.15) is 24.6 Å². The van der Waals surface area contributed by atoms with Crippen molar-refractivity contribution < 1.29 is 0 Å². The lowest BCUT2D eigenvalue weighted by molar-refractivity contribution is 0.932. The van der Waals surface area contributed by atoms with E-state index in [2.05, 4.69) is 43.3 Å². The summed E-state index contributed by atoms with van der Waals surface area (Å²) >= 11 is 3.45. The Morgan fingerprint density at radius 1 is 1.17 bits per heavy atom. The molecule has 1 fully saturated rings. The van der Waals surface area contributed by atoms with Gasteiger partial charge in [0.25, 0.3) is 0 Å². The number of halogens is 1. The molecule has 0 spiro atoms. The van der Waals surface area contributed by atoms with E-state index in [1.165, 1.54) is 12.8 Å². The van der Waals surface area contributed by atoms with Gasteiger partial charge in [0.1, 0.15) is 11.6 Å². The minimum atomic E-state index is 0.562. The van der Waals surface area contributed by atoms with E-state index >= 15 is 0 Å². The summed E-state index contributed by atoms with van der Waals surface area (Å²) in [6.45, 7) is 0. The van der Waals surface area contributed by atoms with Crippen LogP contribution in [0.25, 0.3) is 11.3 Å². The zero-order chi connectivity index (χ0) is 12.5. The first-order valence-electron chi connectivity index (χ1n) is 6.09. The summed E-state index contributed by atoms with van der Waals surface area (Å²) in [5.74, 6) is 2.43. The SMILES string of the molecule is CNc1cc(-c2ccc(Br)cc2)nc(C2CC2)n1. The van der Waals surface area contributed by atoms with Crippen molar-refractivity contribution in [1.82, 2.24) is 9.97 Å². The third-order valence-corrected chi connectivity index (χ3v) is 3.61. The fourth-order valence-corrected chi connectivity index (χ4v) is 2.15. The zero-order valence-electron chi connectivity index (χ0n) is 10.2. The van der Waals surface area contributed by atoms with Gasteiger partial charge in [-0.15, -0.1) is 0 Å². The number of anilines is 1. The second-order valence-electron chi connectivity index (χ2n) is 4.53. The van der Waals surface area contributed by atoms with Crippen LogP contribution >= 0.6 is 15.9 Å². The van der Waals surface area contributed by atoms with Gasteiger partial charge in [0.05, 0.1) is 5.69 Å². The van der Waals surface area contributed by atoms with Gasteiger partial charge in [-0.05, 0) is 25.0 Å². The van der Waals surface area contributed by atoms with E-state index in [4.69, 9.17) is 0 Å². The highest BCUT2D eigenvalue weighted by Crippen LogP contribution is 2.39. The molecule has 92 valence electrons. The standard InChI is InChI=1S/C14H14BrN3/c1-16-13-8-12(9-4-6-11(15)7-5-9)17-14(18-13)10-2-3-10/h4-8,10H,2-3H2,1H3,(H,16,17,18). The summed E-state index contributed by atoms with van der Waals surface area (Å²) in [7, 11) is 1.89. The van der Waals surface area contributed by atoms with Crippen molar-refractivity contribution in [3.8, 4) is 11.3 Å². The summed E-state index contributed by atoms with van der Waals surface area (Å²) in [5, 5.41) is 3.11. The highest BCUT2D eigenvalue weighted by atomic mass is 79.9. The molecule has 1 aromatic carbocycles. The summed E-state index contributed by atoms with van der Waals surface area (Å²) in [4.78, 5) is 9.20. The van der Waals surface area contributed by atoms with Crippen molar-refractivity contribution in [3.63, 3.8) is 0 Å². The van der Waals surface area contributed by atoms with Crippen LogP contribution in [0, 0.1) is 0 Å². The Morgan fingerprint density at radius 2 is 1.89 bits per heavy atom. The molecule has 0 atom stereocenters. The molecule has 3 nitrogen and oxygen atoms in total. The first-order valence-corrected chi connectivity index (χ1v) is 6.88. The van der Waals surface area contributed by atoms with Crippen LogP contribution < -0.4 is 5.32 Å². The number of rotatable bonds is 3. The van der Waals surface area contributed by atoms with Crippen LogP contribution in [0.2, 0.25) is 0 Å². The van der Waals surface area contributed by atoms with E-state index in [0.29, 0.717) is 5.92 Å². The number of aromatic nitrogens is 2. The molecule has 18 heavy (non-hydrogen) atoms. The smallest absolute Gasteiger partial charge is 0.134 e. The van der Waals surface area contributed by atoms with E-state index in [-0.39, 0.29) is 0 Å². The van der Waals surface area contributed by atoms with Crippen LogP contribution in [0.15, 0.2) is 34.8 Å². The van der Waals surface area contributed by atoms with Gasteiger partial charge in [-0.2, -0.15) is 0 Å². The number of hydrogen-bond acceptors (Lipinski definition) is 3. The molecule has 1 heterocycles. The fraction of sp³-hybridized carbons (Fsp3) is 0.286. The van der Waals surface area contributed by atoms with Gasteiger partial charge in [0.15, 0.2) is 0 Å². The van der Waals surface area contributed by atoms with Crippen molar-refractivity contribution in [3.05, 3.63) is 40.6 Å². The molecule has 1 aliphatic rings. The predicted molar refractivity (Wildman–Crippen MR) is 76.7 cm³/mol. The number of nitrogens with one attached hydrogen (secondary N) is 1. The molecule has 3 rings (SSSR count). The Balaban J connectivity index is 2.04. The Bertz CT molecular complexity index is 562. The predicted octanol–water partition coefficient (Wildman–Crippen LogP) is 3.83. The number of nitrogens with zero attached hydrogens (tertiary/aromatic N) is 2. The lowest BCUT2D eigenvalue weighted by Gasteiger charge is -2.07. The third-order valence-electron chi connectivity index (χ3n) is 3.08. The van der Waals surface area contributed by atoms with Crippen molar-refractivity contribution in [1.29, 1.82) is 0 Å². The zero-order valence-corrected chi connectivity index (χ0v) is 11.7. The largest absolute Gasteiger partial charge is 0.373 e. The minimum absolute atomic E-state index is 0.562. The highest BCUT2D eigenvalue weighted by Gasteiger charge is 2.27. The molecule has 0 unspecified atom stereocenters. The summed E-state index contributed by atoms with van der Waals surface area (Å²) < 4.78 is 1.08. The maximum absolute atomic E-state index is 4.68. The third kappa shape index (κ3) is 2.38. The topological polar surface area (TPSA) is 37.8 Å². The molecule has 1 N–H and O–H groups in total. The van der Waals surface area contributed by atoms with Gasteiger partial charge in [0.2, 0.25) is 0 Å². The van der Waals surface area contributed by atoms with E-state index in [9.17, 15) is 0 Å². The quantitative estimate of drug-likeness (QED) is 0.936. The first kappa shape index (κ1) is 11.7. The molecule has 0 saturated heterocycles. The number of hydrogen-bond donors (Lipinski definition) is 1. The normalized spacial score (nSPS) is 14.6. The summed E-state index contributed by atoms with van der Waals surface area (Å²) in [6.07, 6.45) is 2.43. The maximum atomic E-state index is 4.68. The van der Waals surface area contributed by atoms with Crippen LogP contribution in [0.4, 0.5) is 5.82 Å². The van der Waals surface area contributed by atoms with E-state index in [1.54, 1.807) is 0 Å². The average Bonchev–Trinajstić information content (AvgIpc) is 3.23. The Hall–Kier alpha value is -1.42. The summed E-state index contributed by atoms with van der Waals surface area (Å²) in [5.41, 5.74) is 2.11. The molecule has 0 radical (unpaired) electrons. The molecular formula is C14H14BrN3. The van der Waals surface area contributed by atoms with Crippen LogP contribution in [-0.2, 0) is 0 Å². The van der Waals surface area contributed by atoms with Gasteiger partial charge in [0, 0.05) is 29.1 Å². The van der Waals surface area contributed by atoms with Crippen LogP contribution in [-0.4, -0.2) is 17.0 Å². The Kier molecular flexibility index (Phi) is 3.04. The van der Waals surface area contributed by atoms with Crippen molar-refractivity contribution in [2.75, 3.05) is 12.4 Å². The Labute approximate surface area is 115 Å². The second kappa shape index (κ2) is 4.69. The van der Waals surface area contributed by atoms with Gasteiger partial charge < -0.3 is 5.32 Å². The molecule has 2 aromatic rings. The Morgan fingerprint density at radius 3 is 2.50 bits per heavy atom. The van der Waals surface area contributed by atoms with Gasteiger partial charge >= 0.3 is 0 Å². The monoisotopic (exact) mass is 303 g/mol. The molecule has 0 aliphatic heterocycles. The van der Waals surface area contributed by atoms with Crippen LogP contribution in [0.5, 0.6) is 0 Å². The second-order valence-corrected chi connectivity index (χ2v) is 5.44. The van der Waals surface area contributed by atoms with Crippen LogP contribution in [0.3, 0.4) is 0 Å². The first-order chi connectivity index (χ1) is 8.76. The lowest BCUT2D eigenvalue weighted by Crippen LogP contribution is -2.00. The maximum Gasteiger partial charge on any atom is 0.134 e. The van der Waals surface area contributed by atoms with Gasteiger partial charge in [-0.3, -0.25) is 0 Å². The van der Waals surface area contributed by atoms with Gasteiger partial charge in [-0.1, -0.05) is 28.1 Å². The molecule has 1 aromatic heterocycles. The molecular weight excluding hydrogens is 290 g/mol. The minimum Gasteiger partial charge on any atom is -0.373 e. The van der Waals surface area contributed by atoms with Crippen molar-refractivity contribution in [2.24, 2.45) is 0 Å². The number of benzene rings is 1. The average molecular weight is 304 g/mol. The summed E-state index contributed by atoms with van der Waals surface area (Å²) in [6, 6.07) is 10.2. The molecule has 1 saturated carbocycles. The molecule has 0 bridgehead atoms. The highest BCUT2D eigenvalue weighted by molar-refractivity contribution is 9.10. The van der Waals surface area contributed by atoms with Gasteiger partial charge in [-0.25, -0.2) is 9.97 Å². The fourth-order valence-electron chi connectivity index (χ4n) is 1.89. The molecule has 0 amide bonds. The van der Waals surface area contributed by atoms with E-state index in [1.807, 2.05) is 25.2 Å². The molecule has 4 heteroatoms. The van der Waals surface area contributed by atoms with Crippen molar-refractivity contribution >= 4 is 21.7 Å². The van der Waals surface area contributed by atoms with Crippen molar-refractivity contribution in [2.45, 2.75) is 18.8 Å². The lowest BCUT2D eigenvalue weighted by atomic mass is 10.1. The van der Waals surface area contributed by atoms with E-state index < -0.39 is 0 Å². The molecule has 1 aliphatic carbocycles. The van der Waals surface area contributed by atoms with E-state index in [0.717, 1.165) is 27.4 Å².